The minimum Gasteiger partial charge on any atom is -0.463 e. The second-order valence-electron chi connectivity index (χ2n) is 4.82. The quantitative estimate of drug-likeness (QED) is 0.605. The number of rotatable bonds is 1. The summed E-state index contributed by atoms with van der Waals surface area (Å²) in [6, 6.07) is 0. The van der Waals surface area contributed by atoms with E-state index in [2.05, 4.69) is 0 Å². The Hall–Kier alpha value is -0.860. The van der Waals surface area contributed by atoms with Gasteiger partial charge in [0.2, 0.25) is 0 Å². The average molecular weight is 198 g/mol. The lowest BCUT2D eigenvalue weighted by molar-refractivity contribution is -0.155. The van der Waals surface area contributed by atoms with Crippen LogP contribution in [0.15, 0.2) is 0 Å². The van der Waals surface area contributed by atoms with E-state index < -0.39 is 0 Å². The Labute approximate surface area is 84.8 Å². The fourth-order valence-electron chi connectivity index (χ4n) is 2.25. The lowest BCUT2D eigenvalue weighted by Crippen LogP contribution is -2.41. The van der Waals surface area contributed by atoms with Gasteiger partial charge in [0, 0.05) is 18.3 Å². The van der Waals surface area contributed by atoms with Crippen LogP contribution >= 0.6 is 0 Å². The van der Waals surface area contributed by atoms with Crippen molar-refractivity contribution in [2.45, 2.75) is 46.6 Å². The maximum atomic E-state index is 11.7. The second-order valence-corrected chi connectivity index (χ2v) is 4.82. The number of Topliss-reactive ketones (excluding diaryl/α,β-unsaturated/α-hetero) is 1. The normalized spacial score (nSPS) is 31.3. The van der Waals surface area contributed by atoms with Gasteiger partial charge < -0.3 is 4.74 Å². The first-order chi connectivity index (χ1) is 6.33. The predicted molar refractivity (Wildman–Crippen MR) is 52.7 cm³/mol. The van der Waals surface area contributed by atoms with Crippen LogP contribution in [0.3, 0.4) is 0 Å². The van der Waals surface area contributed by atoms with Crippen molar-refractivity contribution in [3.05, 3.63) is 0 Å². The first-order valence-electron chi connectivity index (χ1n) is 5.04. The van der Waals surface area contributed by atoms with Crippen molar-refractivity contribution in [3.8, 4) is 0 Å². The molecule has 0 heterocycles. The molecular weight excluding hydrogens is 180 g/mol. The highest BCUT2D eigenvalue weighted by Crippen LogP contribution is 2.36. The van der Waals surface area contributed by atoms with Gasteiger partial charge in [-0.15, -0.1) is 0 Å². The third-order valence-corrected chi connectivity index (χ3v) is 2.80. The average Bonchev–Trinajstić information content (AvgIpc) is 1.98. The predicted octanol–water partition coefficient (Wildman–Crippen LogP) is 1.94. The summed E-state index contributed by atoms with van der Waals surface area (Å²) >= 11 is 0. The Morgan fingerprint density at radius 2 is 2.07 bits per heavy atom. The van der Waals surface area contributed by atoms with Gasteiger partial charge in [0.1, 0.15) is 11.9 Å². The van der Waals surface area contributed by atoms with Crippen molar-refractivity contribution in [3.63, 3.8) is 0 Å². The Bertz CT molecular complexity index is 255. The largest absolute Gasteiger partial charge is 0.463 e. The van der Waals surface area contributed by atoms with Crippen LogP contribution in [0, 0.1) is 11.3 Å². The lowest BCUT2D eigenvalue weighted by atomic mass is 9.70. The lowest BCUT2D eigenvalue weighted by Gasteiger charge is -2.36. The maximum Gasteiger partial charge on any atom is 0.302 e. The molecule has 80 valence electrons. The summed E-state index contributed by atoms with van der Waals surface area (Å²) < 4.78 is 5.15. The van der Waals surface area contributed by atoms with Crippen LogP contribution < -0.4 is 0 Å². The molecule has 0 amide bonds. The van der Waals surface area contributed by atoms with E-state index in [0.717, 1.165) is 0 Å². The summed E-state index contributed by atoms with van der Waals surface area (Å²) in [5, 5.41) is 0. The first-order valence-corrected chi connectivity index (χ1v) is 5.04. The molecule has 1 aliphatic carbocycles. The van der Waals surface area contributed by atoms with E-state index in [4.69, 9.17) is 4.74 Å². The van der Waals surface area contributed by atoms with Crippen LogP contribution in [0.1, 0.15) is 40.5 Å². The molecular formula is C11H18O3. The SMILES string of the molecule is CC(=O)O[C@@H]1C[C@@H](C)C(=O)C(C)(C)C1. The highest BCUT2D eigenvalue weighted by molar-refractivity contribution is 5.87. The van der Waals surface area contributed by atoms with Gasteiger partial charge in [-0.1, -0.05) is 20.8 Å². The van der Waals surface area contributed by atoms with Gasteiger partial charge in [0.15, 0.2) is 0 Å². The first kappa shape index (κ1) is 11.2. The summed E-state index contributed by atoms with van der Waals surface area (Å²) in [6.45, 7) is 7.15. The highest BCUT2D eigenvalue weighted by Gasteiger charge is 2.40. The van der Waals surface area contributed by atoms with Crippen LogP contribution in [0.25, 0.3) is 0 Å². The van der Waals surface area contributed by atoms with Crippen molar-refractivity contribution < 1.29 is 14.3 Å². The van der Waals surface area contributed by atoms with Crippen LogP contribution in [-0.4, -0.2) is 17.9 Å². The van der Waals surface area contributed by atoms with E-state index in [9.17, 15) is 9.59 Å². The van der Waals surface area contributed by atoms with Gasteiger partial charge in [0.05, 0.1) is 0 Å². The second kappa shape index (κ2) is 3.71. The molecule has 3 nitrogen and oxygen atoms in total. The summed E-state index contributed by atoms with van der Waals surface area (Å²) in [7, 11) is 0. The number of hydrogen-bond donors (Lipinski definition) is 0. The fourth-order valence-corrected chi connectivity index (χ4v) is 2.25. The monoisotopic (exact) mass is 198 g/mol. The van der Waals surface area contributed by atoms with Gasteiger partial charge >= 0.3 is 5.97 Å². The van der Waals surface area contributed by atoms with E-state index >= 15 is 0 Å². The van der Waals surface area contributed by atoms with Gasteiger partial charge in [-0.05, 0) is 12.8 Å². The molecule has 0 N–H and O–H groups in total. The van der Waals surface area contributed by atoms with Crippen LogP contribution in [-0.2, 0) is 14.3 Å². The molecule has 1 fully saturated rings. The van der Waals surface area contributed by atoms with Crippen molar-refractivity contribution in [1.82, 2.24) is 0 Å². The van der Waals surface area contributed by atoms with Crippen LogP contribution in [0.4, 0.5) is 0 Å². The smallest absolute Gasteiger partial charge is 0.302 e. The fraction of sp³-hybridized carbons (Fsp3) is 0.818. The van der Waals surface area contributed by atoms with E-state index in [1.54, 1.807) is 0 Å². The molecule has 0 spiro atoms. The molecule has 0 saturated heterocycles. The molecule has 1 rings (SSSR count). The minimum atomic E-state index is -0.349. The third-order valence-electron chi connectivity index (χ3n) is 2.80. The Morgan fingerprint density at radius 1 is 1.50 bits per heavy atom. The van der Waals surface area contributed by atoms with E-state index in [1.807, 2.05) is 20.8 Å². The van der Waals surface area contributed by atoms with Crippen LogP contribution in [0.2, 0.25) is 0 Å². The molecule has 0 radical (unpaired) electrons. The maximum absolute atomic E-state index is 11.7. The van der Waals surface area contributed by atoms with E-state index in [0.29, 0.717) is 12.8 Å². The number of carbonyl (C=O) groups is 2. The zero-order valence-electron chi connectivity index (χ0n) is 9.29. The molecule has 0 aromatic carbocycles. The molecule has 0 aliphatic heterocycles. The molecule has 1 saturated carbocycles. The number of ketones is 1. The Kier molecular flexibility index (Phi) is 2.98. The van der Waals surface area contributed by atoms with Crippen LogP contribution in [0.5, 0.6) is 0 Å². The number of ether oxygens (including phenoxy) is 1. The van der Waals surface area contributed by atoms with E-state index in [-0.39, 0.29) is 29.2 Å². The molecule has 0 unspecified atom stereocenters. The topological polar surface area (TPSA) is 43.4 Å². The molecule has 1 aliphatic rings. The zero-order valence-corrected chi connectivity index (χ0v) is 9.29. The minimum absolute atomic E-state index is 0.00287. The summed E-state index contributed by atoms with van der Waals surface area (Å²) in [5.41, 5.74) is -0.349. The van der Waals surface area contributed by atoms with Gasteiger partial charge in [-0.2, -0.15) is 0 Å². The summed E-state index contributed by atoms with van der Waals surface area (Å²) in [6.07, 6.45) is 1.23. The van der Waals surface area contributed by atoms with Crippen molar-refractivity contribution in [2.24, 2.45) is 11.3 Å². The third kappa shape index (κ3) is 2.34. The van der Waals surface area contributed by atoms with Gasteiger partial charge in [-0.3, -0.25) is 9.59 Å². The highest BCUT2D eigenvalue weighted by atomic mass is 16.5. The van der Waals surface area contributed by atoms with Crippen molar-refractivity contribution in [1.29, 1.82) is 0 Å². The number of hydrogen-bond acceptors (Lipinski definition) is 3. The van der Waals surface area contributed by atoms with Crippen molar-refractivity contribution >= 4 is 11.8 Å². The zero-order chi connectivity index (χ0) is 10.9. The van der Waals surface area contributed by atoms with Gasteiger partial charge in [0.25, 0.3) is 0 Å². The molecule has 3 heteroatoms. The Balaban J connectivity index is 2.69. The number of carbonyl (C=O) groups excluding carboxylic acids is 2. The summed E-state index contributed by atoms with van der Waals surface area (Å²) in [5.74, 6) is 0.0244. The molecule has 0 bridgehead atoms. The number of esters is 1. The van der Waals surface area contributed by atoms with Gasteiger partial charge in [-0.25, -0.2) is 0 Å². The van der Waals surface area contributed by atoms with Crippen molar-refractivity contribution in [2.75, 3.05) is 0 Å². The molecule has 2 atom stereocenters. The molecule has 0 aromatic heterocycles. The standard InChI is InChI=1S/C11H18O3/c1-7-5-9(14-8(2)12)6-11(3,4)10(7)13/h7,9H,5-6H2,1-4H3/t7-,9-/m1/s1. The molecule has 0 aromatic rings. The van der Waals surface area contributed by atoms with E-state index in [1.165, 1.54) is 6.92 Å². The summed E-state index contributed by atoms with van der Waals surface area (Å²) in [4.78, 5) is 22.5. The molecule has 14 heavy (non-hydrogen) atoms. The Morgan fingerprint density at radius 3 is 2.50 bits per heavy atom.